The molecule has 5 nitrogen and oxygen atoms in total. The van der Waals surface area contributed by atoms with Gasteiger partial charge in [0.2, 0.25) is 0 Å². The van der Waals surface area contributed by atoms with Crippen LogP contribution in [0.25, 0.3) is 106 Å². The van der Waals surface area contributed by atoms with Crippen LogP contribution in [0.2, 0.25) is 0 Å². The molecule has 268 valence electrons. The topological polar surface area (TPSA) is 57.0 Å². The number of benzene rings is 7. The van der Waals surface area contributed by atoms with Gasteiger partial charge in [0.15, 0.2) is 11.4 Å². The molecule has 0 atom stereocenters. The zero-order chi connectivity index (χ0) is 37.5. The molecule has 5 heteroatoms. The summed E-state index contributed by atoms with van der Waals surface area (Å²) in [4.78, 5) is 10.2. The van der Waals surface area contributed by atoms with E-state index in [2.05, 4.69) is 144 Å². The van der Waals surface area contributed by atoms with Crippen molar-refractivity contribution in [1.82, 2.24) is 14.5 Å². The van der Waals surface area contributed by atoms with E-state index in [1.165, 1.54) is 32.9 Å². The minimum Gasteiger partial charge on any atom is -0.460 e. The van der Waals surface area contributed by atoms with Gasteiger partial charge in [0.05, 0.1) is 11.0 Å². The summed E-state index contributed by atoms with van der Waals surface area (Å²) in [5.41, 5.74) is 15.4. The van der Waals surface area contributed by atoms with Gasteiger partial charge in [-0.15, -0.1) is 0 Å². The standard InChI is InChI=1S/C52H33N3O2/c1-4-13-32(14-5-1)49-51-50(54-52(53-49)33-15-6-2-7-16-33)42-31-36(25-28-46(42)57-51)38-20-12-22-47-48(38)41-30-35(24-27-45(41)56-47)34-23-26-44-40(29-34)39-19-10-11-21-43(39)55(44)37-17-8-3-9-18-37/h1-23,25-26,28-31H,24,27H2. The van der Waals surface area contributed by atoms with Crippen LogP contribution in [0.3, 0.4) is 0 Å². The van der Waals surface area contributed by atoms with E-state index in [4.69, 9.17) is 18.8 Å². The summed E-state index contributed by atoms with van der Waals surface area (Å²) in [6, 6.07) is 59.5. The molecule has 1 aliphatic rings. The summed E-state index contributed by atoms with van der Waals surface area (Å²) >= 11 is 0. The lowest BCUT2D eigenvalue weighted by molar-refractivity contribution is 0.548. The second-order valence-corrected chi connectivity index (χ2v) is 14.8. The van der Waals surface area contributed by atoms with Crippen LogP contribution in [-0.2, 0) is 6.42 Å². The highest BCUT2D eigenvalue weighted by Gasteiger charge is 2.24. The summed E-state index contributed by atoms with van der Waals surface area (Å²) in [5.74, 6) is 1.70. The summed E-state index contributed by atoms with van der Waals surface area (Å²) < 4.78 is 15.5. The van der Waals surface area contributed by atoms with Gasteiger partial charge in [0.25, 0.3) is 0 Å². The molecule has 0 bridgehead atoms. The van der Waals surface area contributed by atoms with Gasteiger partial charge < -0.3 is 13.4 Å². The quantitative estimate of drug-likeness (QED) is 0.177. The Balaban J connectivity index is 1.01. The first kappa shape index (κ1) is 31.8. The highest BCUT2D eigenvalue weighted by Crippen LogP contribution is 2.44. The maximum Gasteiger partial charge on any atom is 0.180 e. The van der Waals surface area contributed by atoms with Gasteiger partial charge in [-0.1, -0.05) is 121 Å². The van der Waals surface area contributed by atoms with Crippen LogP contribution in [0.4, 0.5) is 0 Å². The Morgan fingerprint density at radius 2 is 1.21 bits per heavy atom. The Bertz CT molecular complexity index is 3390. The monoisotopic (exact) mass is 731 g/mol. The van der Waals surface area contributed by atoms with Crippen LogP contribution < -0.4 is 0 Å². The molecule has 1 aliphatic carbocycles. The number of aryl methyl sites for hydroxylation is 1. The molecule has 0 N–H and O–H groups in total. The Labute approximate surface area is 327 Å². The summed E-state index contributed by atoms with van der Waals surface area (Å²) in [6.45, 7) is 0. The molecule has 0 fully saturated rings. The first-order valence-electron chi connectivity index (χ1n) is 19.4. The molecule has 7 aromatic carbocycles. The average Bonchev–Trinajstić information content (AvgIpc) is 3.96. The maximum atomic E-state index is 6.60. The van der Waals surface area contributed by atoms with Crippen molar-refractivity contribution in [3.8, 4) is 39.5 Å². The van der Waals surface area contributed by atoms with Crippen LogP contribution in [0, 0.1) is 0 Å². The molecule has 4 aromatic heterocycles. The zero-order valence-electron chi connectivity index (χ0n) is 30.8. The number of para-hydroxylation sites is 2. The van der Waals surface area contributed by atoms with Crippen molar-refractivity contribution in [2.75, 3.05) is 0 Å². The largest absolute Gasteiger partial charge is 0.460 e. The number of rotatable bonds is 5. The molecule has 57 heavy (non-hydrogen) atoms. The lowest BCUT2D eigenvalue weighted by Gasteiger charge is -2.14. The van der Waals surface area contributed by atoms with Crippen LogP contribution in [0.5, 0.6) is 0 Å². The summed E-state index contributed by atoms with van der Waals surface area (Å²) in [7, 11) is 0. The Kier molecular flexibility index (Phi) is 6.99. The third-order valence-corrected chi connectivity index (χ3v) is 11.5. The van der Waals surface area contributed by atoms with Crippen LogP contribution in [0.1, 0.15) is 23.3 Å². The van der Waals surface area contributed by atoms with E-state index in [1.54, 1.807) is 0 Å². The van der Waals surface area contributed by atoms with Crippen molar-refractivity contribution in [1.29, 1.82) is 0 Å². The molecule has 11 aromatic rings. The number of aromatic nitrogens is 3. The van der Waals surface area contributed by atoms with E-state index < -0.39 is 0 Å². The third kappa shape index (κ3) is 5.02. The van der Waals surface area contributed by atoms with E-state index in [9.17, 15) is 0 Å². The van der Waals surface area contributed by atoms with Crippen LogP contribution in [-0.4, -0.2) is 14.5 Å². The van der Waals surface area contributed by atoms with E-state index in [-0.39, 0.29) is 0 Å². The van der Waals surface area contributed by atoms with Crippen molar-refractivity contribution in [2.24, 2.45) is 0 Å². The second-order valence-electron chi connectivity index (χ2n) is 14.8. The Morgan fingerprint density at radius 3 is 2.05 bits per heavy atom. The third-order valence-electron chi connectivity index (χ3n) is 11.5. The molecular weight excluding hydrogens is 699 g/mol. The molecule has 0 aliphatic heterocycles. The first-order chi connectivity index (χ1) is 28.2. The number of fused-ring (bicyclic) bond motifs is 9. The lowest BCUT2D eigenvalue weighted by atomic mass is 9.89. The van der Waals surface area contributed by atoms with Gasteiger partial charge in [0.1, 0.15) is 28.1 Å². The van der Waals surface area contributed by atoms with Crippen molar-refractivity contribution in [2.45, 2.75) is 12.8 Å². The van der Waals surface area contributed by atoms with E-state index in [1.807, 2.05) is 36.4 Å². The van der Waals surface area contributed by atoms with E-state index >= 15 is 0 Å². The van der Waals surface area contributed by atoms with Crippen LogP contribution in [0.15, 0.2) is 179 Å². The Morgan fingerprint density at radius 1 is 0.491 bits per heavy atom. The molecule has 0 amide bonds. The smallest absolute Gasteiger partial charge is 0.180 e. The van der Waals surface area contributed by atoms with Gasteiger partial charge in [-0.25, -0.2) is 9.97 Å². The molecule has 0 radical (unpaired) electrons. The molecule has 4 heterocycles. The van der Waals surface area contributed by atoms with Gasteiger partial charge >= 0.3 is 0 Å². The molecular formula is C52H33N3O2. The molecule has 0 unspecified atom stereocenters. The summed E-state index contributed by atoms with van der Waals surface area (Å²) in [5, 5.41) is 4.59. The SMILES string of the molecule is C1=C(c2ccc3c(c2)c2ccccc2n3-c2ccccc2)CCc2oc3cccc(-c4ccc5oc6c(-c7ccccc7)nc(-c7ccccc7)nc6c5c4)c3c21. The number of hydrogen-bond acceptors (Lipinski definition) is 4. The number of allylic oxidation sites excluding steroid dienone is 1. The molecule has 12 rings (SSSR count). The predicted molar refractivity (Wildman–Crippen MR) is 232 cm³/mol. The number of nitrogens with zero attached hydrogens (tertiary/aromatic N) is 3. The second kappa shape index (κ2) is 12.5. The van der Waals surface area contributed by atoms with Crippen molar-refractivity contribution in [3.63, 3.8) is 0 Å². The van der Waals surface area contributed by atoms with Crippen LogP contribution >= 0.6 is 0 Å². The maximum absolute atomic E-state index is 6.60. The van der Waals surface area contributed by atoms with E-state index in [0.29, 0.717) is 11.4 Å². The first-order valence-corrected chi connectivity index (χ1v) is 19.4. The van der Waals surface area contributed by atoms with Crippen molar-refractivity contribution in [3.05, 3.63) is 187 Å². The van der Waals surface area contributed by atoms with E-state index in [0.717, 1.165) is 85.3 Å². The lowest BCUT2D eigenvalue weighted by Crippen LogP contribution is -1.97. The Hall–Kier alpha value is -7.50. The average molecular weight is 732 g/mol. The van der Waals surface area contributed by atoms with Crippen molar-refractivity contribution >= 4 is 66.5 Å². The van der Waals surface area contributed by atoms with Gasteiger partial charge in [-0.2, -0.15) is 0 Å². The predicted octanol–water partition coefficient (Wildman–Crippen LogP) is 13.7. The molecule has 0 saturated carbocycles. The van der Waals surface area contributed by atoms with Gasteiger partial charge in [-0.3, -0.25) is 0 Å². The molecule has 0 saturated heterocycles. The highest BCUT2D eigenvalue weighted by molar-refractivity contribution is 6.12. The minimum atomic E-state index is 0.668. The van der Waals surface area contributed by atoms with Crippen molar-refractivity contribution < 1.29 is 8.83 Å². The number of hydrogen-bond donors (Lipinski definition) is 0. The van der Waals surface area contributed by atoms with Gasteiger partial charge in [0, 0.05) is 50.3 Å². The molecule has 0 spiro atoms. The fraction of sp³-hybridized carbons (Fsp3) is 0.0385. The normalized spacial score (nSPS) is 12.9. The number of furan rings is 2. The summed E-state index contributed by atoms with van der Waals surface area (Å²) in [6.07, 6.45) is 4.11. The zero-order valence-corrected chi connectivity index (χ0v) is 30.8. The minimum absolute atomic E-state index is 0.668. The highest BCUT2D eigenvalue weighted by atomic mass is 16.3. The fourth-order valence-electron chi connectivity index (χ4n) is 8.87. The fourth-order valence-corrected chi connectivity index (χ4v) is 8.87. The van der Waals surface area contributed by atoms with Gasteiger partial charge in [-0.05, 0) is 83.3 Å².